The van der Waals surface area contributed by atoms with Gasteiger partial charge < -0.3 is 10.6 Å². The van der Waals surface area contributed by atoms with E-state index in [-0.39, 0.29) is 11.9 Å². The predicted octanol–water partition coefficient (Wildman–Crippen LogP) is 2.52. The number of hydrogen-bond donors (Lipinski definition) is 2. The Labute approximate surface area is 118 Å². The molecule has 106 valence electrons. The second-order valence-electron chi connectivity index (χ2n) is 5.53. The van der Waals surface area contributed by atoms with Crippen LogP contribution in [0.5, 0.6) is 0 Å². The van der Waals surface area contributed by atoms with E-state index >= 15 is 0 Å². The number of nitrogens with zero attached hydrogens (tertiary/aromatic N) is 2. The van der Waals surface area contributed by atoms with Crippen molar-refractivity contribution in [2.24, 2.45) is 11.8 Å². The minimum atomic E-state index is -0.0899. The third kappa shape index (κ3) is 3.89. The molecule has 0 aromatic carbocycles. The molecule has 2 atom stereocenters. The number of nitrogens with one attached hydrogen (secondary N) is 2. The number of carbonyl (C=O) groups is 1. The Hall–Kier alpha value is -1.17. The number of carbonyl (C=O) groups excluding carboxylic acids is 1. The van der Waals surface area contributed by atoms with E-state index in [9.17, 15) is 4.79 Å². The van der Waals surface area contributed by atoms with Crippen molar-refractivity contribution < 1.29 is 4.79 Å². The highest BCUT2D eigenvalue weighted by atomic mass is 32.1. The van der Waals surface area contributed by atoms with Gasteiger partial charge in [0.2, 0.25) is 10.1 Å². The van der Waals surface area contributed by atoms with E-state index in [1.807, 2.05) is 6.92 Å². The molecule has 1 aromatic rings. The Morgan fingerprint density at radius 2 is 1.95 bits per heavy atom. The molecule has 19 heavy (non-hydrogen) atoms. The molecule has 1 aliphatic rings. The zero-order chi connectivity index (χ0) is 13.8. The minimum Gasteiger partial charge on any atom is -0.360 e. The highest BCUT2D eigenvalue weighted by molar-refractivity contribution is 7.17. The topological polar surface area (TPSA) is 66.9 Å². The Bertz CT molecular complexity index is 424. The van der Waals surface area contributed by atoms with Gasteiger partial charge in [0, 0.05) is 12.6 Å². The van der Waals surface area contributed by atoms with Gasteiger partial charge in [-0.2, -0.15) is 0 Å². The molecule has 0 aliphatic heterocycles. The van der Waals surface area contributed by atoms with Gasteiger partial charge in [-0.15, -0.1) is 10.2 Å². The molecule has 1 aromatic heterocycles. The lowest BCUT2D eigenvalue weighted by Gasteiger charge is -2.31. The van der Waals surface area contributed by atoms with Gasteiger partial charge in [0.05, 0.1) is 0 Å². The van der Waals surface area contributed by atoms with Crippen LogP contribution in [0, 0.1) is 11.8 Å². The van der Waals surface area contributed by atoms with E-state index < -0.39 is 0 Å². The molecule has 2 N–H and O–H groups in total. The lowest BCUT2D eigenvalue weighted by atomic mass is 9.80. The van der Waals surface area contributed by atoms with Crippen molar-refractivity contribution in [1.29, 1.82) is 0 Å². The van der Waals surface area contributed by atoms with Crippen molar-refractivity contribution in [1.82, 2.24) is 15.5 Å². The molecule has 0 saturated heterocycles. The van der Waals surface area contributed by atoms with Crippen LogP contribution in [0.4, 0.5) is 5.13 Å². The van der Waals surface area contributed by atoms with Gasteiger partial charge in [0.25, 0.3) is 5.91 Å². The van der Waals surface area contributed by atoms with Gasteiger partial charge in [-0.25, -0.2) is 0 Å². The quantitative estimate of drug-likeness (QED) is 0.890. The van der Waals surface area contributed by atoms with Crippen molar-refractivity contribution >= 4 is 22.4 Å². The standard InChI is InChI=1S/C13H22N4OS/c1-4-14-13-17-16-12(19-13)11(18)15-10-6-8(2)5-9(3)7-10/h8-10H,4-7H2,1-3H3,(H,14,17)(H,15,18). The molecule has 1 heterocycles. The van der Waals surface area contributed by atoms with Crippen molar-refractivity contribution in [3.05, 3.63) is 5.01 Å². The van der Waals surface area contributed by atoms with Crippen molar-refractivity contribution in [2.75, 3.05) is 11.9 Å². The van der Waals surface area contributed by atoms with Crippen LogP contribution in [-0.4, -0.2) is 28.7 Å². The average Bonchev–Trinajstić information content (AvgIpc) is 2.76. The fourth-order valence-electron chi connectivity index (χ4n) is 2.85. The maximum Gasteiger partial charge on any atom is 0.282 e. The summed E-state index contributed by atoms with van der Waals surface area (Å²) in [5, 5.41) is 15.2. The molecule has 1 saturated carbocycles. The van der Waals surface area contributed by atoms with E-state index in [4.69, 9.17) is 0 Å². The van der Waals surface area contributed by atoms with Crippen LogP contribution in [0.1, 0.15) is 49.8 Å². The molecular weight excluding hydrogens is 260 g/mol. The molecule has 1 fully saturated rings. The second-order valence-corrected chi connectivity index (χ2v) is 6.51. The van der Waals surface area contributed by atoms with E-state index in [1.165, 1.54) is 17.8 Å². The third-order valence-corrected chi connectivity index (χ3v) is 4.34. The molecule has 2 unspecified atom stereocenters. The summed E-state index contributed by atoms with van der Waals surface area (Å²) in [4.78, 5) is 12.1. The summed E-state index contributed by atoms with van der Waals surface area (Å²) in [6.45, 7) is 7.28. The number of rotatable bonds is 4. The van der Waals surface area contributed by atoms with Gasteiger partial charge in [-0.3, -0.25) is 4.79 Å². The van der Waals surface area contributed by atoms with Gasteiger partial charge in [-0.05, 0) is 38.0 Å². The van der Waals surface area contributed by atoms with Crippen LogP contribution < -0.4 is 10.6 Å². The predicted molar refractivity (Wildman–Crippen MR) is 77.5 cm³/mol. The zero-order valence-electron chi connectivity index (χ0n) is 11.8. The first-order valence-electron chi connectivity index (χ1n) is 6.96. The molecule has 6 heteroatoms. The Balaban J connectivity index is 1.92. The maximum atomic E-state index is 12.1. The molecule has 0 radical (unpaired) electrons. The van der Waals surface area contributed by atoms with Crippen LogP contribution in [0.15, 0.2) is 0 Å². The largest absolute Gasteiger partial charge is 0.360 e. The number of aromatic nitrogens is 2. The normalized spacial score (nSPS) is 27.0. The van der Waals surface area contributed by atoms with Gasteiger partial charge >= 0.3 is 0 Å². The summed E-state index contributed by atoms with van der Waals surface area (Å²) in [7, 11) is 0. The van der Waals surface area contributed by atoms with E-state index in [0.29, 0.717) is 22.0 Å². The molecule has 0 bridgehead atoms. The Kier molecular flexibility index (Phi) is 4.74. The molecule has 2 rings (SSSR count). The molecule has 5 nitrogen and oxygen atoms in total. The minimum absolute atomic E-state index is 0.0899. The molecular formula is C13H22N4OS. The number of anilines is 1. The van der Waals surface area contributed by atoms with Crippen LogP contribution in [0.2, 0.25) is 0 Å². The zero-order valence-corrected chi connectivity index (χ0v) is 12.6. The first-order chi connectivity index (χ1) is 9.08. The van der Waals surface area contributed by atoms with Crippen LogP contribution >= 0.6 is 11.3 Å². The monoisotopic (exact) mass is 282 g/mol. The van der Waals surface area contributed by atoms with Crippen molar-refractivity contribution in [3.8, 4) is 0 Å². The summed E-state index contributed by atoms with van der Waals surface area (Å²) in [6, 6.07) is 0.276. The summed E-state index contributed by atoms with van der Waals surface area (Å²) in [6.07, 6.45) is 3.39. The summed E-state index contributed by atoms with van der Waals surface area (Å²) >= 11 is 1.31. The highest BCUT2D eigenvalue weighted by Crippen LogP contribution is 2.28. The SMILES string of the molecule is CCNc1nnc(C(=O)NC2CC(C)CC(C)C2)s1. The fraction of sp³-hybridized carbons (Fsp3) is 0.769. The van der Waals surface area contributed by atoms with Crippen molar-refractivity contribution in [3.63, 3.8) is 0 Å². The second kappa shape index (κ2) is 6.32. The van der Waals surface area contributed by atoms with Crippen molar-refractivity contribution in [2.45, 2.75) is 46.1 Å². The Morgan fingerprint density at radius 1 is 1.26 bits per heavy atom. The first-order valence-corrected chi connectivity index (χ1v) is 7.78. The molecule has 1 aliphatic carbocycles. The molecule has 0 spiro atoms. The lowest BCUT2D eigenvalue weighted by Crippen LogP contribution is -2.40. The number of amides is 1. The van der Waals surface area contributed by atoms with Crippen LogP contribution in [0.3, 0.4) is 0 Å². The highest BCUT2D eigenvalue weighted by Gasteiger charge is 2.26. The molecule has 1 amide bonds. The van der Waals surface area contributed by atoms with Crippen LogP contribution in [-0.2, 0) is 0 Å². The fourth-order valence-corrected chi connectivity index (χ4v) is 3.56. The van der Waals surface area contributed by atoms with Gasteiger partial charge in [0.15, 0.2) is 0 Å². The van der Waals surface area contributed by atoms with Crippen LogP contribution in [0.25, 0.3) is 0 Å². The first kappa shape index (κ1) is 14.2. The van der Waals surface area contributed by atoms with E-state index in [0.717, 1.165) is 19.4 Å². The summed E-state index contributed by atoms with van der Waals surface area (Å²) < 4.78 is 0. The smallest absolute Gasteiger partial charge is 0.282 e. The lowest BCUT2D eigenvalue weighted by molar-refractivity contribution is 0.0910. The number of hydrogen-bond acceptors (Lipinski definition) is 5. The van der Waals surface area contributed by atoms with Gasteiger partial charge in [0.1, 0.15) is 0 Å². The Morgan fingerprint density at radius 3 is 2.58 bits per heavy atom. The summed E-state index contributed by atoms with van der Waals surface area (Å²) in [5.74, 6) is 1.27. The maximum absolute atomic E-state index is 12.1. The van der Waals surface area contributed by atoms with Gasteiger partial charge in [-0.1, -0.05) is 25.2 Å². The average molecular weight is 282 g/mol. The van der Waals surface area contributed by atoms with E-state index in [1.54, 1.807) is 0 Å². The third-order valence-electron chi connectivity index (χ3n) is 3.46. The van der Waals surface area contributed by atoms with E-state index in [2.05, 4.69) is 34.7 Å². The summed E-state index contributed by atoms with van der Waals surface area (Å²) in [5.41, 5.74) is 0.